The van der Waals surface area contributed by atoms with Gasteiger partial charge in [-0.25, -0.2) is 4.68 Å². The zero-order valence-electron chi connectivity index (χ0n) is 13.4. The highest BCUT2D eigenvalue weighted by atomic mass is 16.4. The summed E-state index contributed by atoms with van der Waals surface area (Å²) in [5, 5.41) is 19.4. The Labute approximate surface area is 134 Å². The van der Waals surface area contributed by atoms with Gasteiger partial charge in [0.1, 0.15) is 0 Å². The van der Waals surface area contributed by atoms with E-state index in [0.29, 0.717) is 5.69 Å². The molecule has 0 aliphatic heterocycles. The normalized spacial score (nSPS) is 12.0. The number of carboxylic acid groups (broad SMARTS) is 1. The minimum Gasteiger partial charge on any atom is -0.481 e. The summed E-state index contributed by atoms with van der Waals surface area (Å²) in [6.45, 7) is 5.80. The van der Waals surface area contributed by atoms with Crippen molar-refractivity contribution < 1.29 is 14.7 Å². The lowest BCUT2D eigenvalue weighted by Gasteiger charge is -2.09. The van der Waals surface area contributed by atoms with Crippen molar-refractivity contribution >= 4 is 11.9 Å². The monoisotopic (exact) mass is 316 g/mol. The maximum Gasteiger partial charge on any atom is 0.303 e. The first-order valence-corrected chi connectivity index (χ1v) is 7.37. The van der Waals surface area contributed by atoms with Gasteiger partial charge in [-0.05, 0) is 37.5 Å². The second-order valence-corrected chi connectivity index (χ2v) is 5.69. The largest absolute Gasteiger partial charge is 0.481 e. The number of carboxylic acids is 1. The Kier molecular flexibility index (Phi) is 5.10. The van der Waals surface area contributed by atoms with Crippen LogP contribution in [0, 0.1) is 19.8 Å². The van der Waals surface area contributed by atoms with E-state index in [9.17, 15) is 9.59 Å². The summed E-state index contributed by atoms with van der Waals surface area (Å²) in [6.07, 6.45) is 0.00917. The Morgan fingerprint density at radius 2 is 2.09 bits per heavy atom. The summed E-state index contributed by atoms with van der Waals surface area (Å²) >= 11 is 0. The van der Waals surface area contributed by atoms with Gasteiger partial charge in [-0.15, -0.1) is 5.10 Å². The topological polar surface area (TPSA) is 97.1 Å². The van der Waals surface area contributed by atoms with E-state index < -0.39 is 5.97 Å². The SMILES string of the molecule is Cc1cccc(-n2nnc(C(=O)NCC(C)CC(=O)O)c2C)c1. The zero-order valence-corrected chi connectivity index (χ0v) is 13.4. The molecule has 2 aromatic rings. The summed E-state index contributed by atoms with van der Waals surface area (Å²) in [6, 6.07) is 7.75. The van der Waals surface area contributed by atoms with Crippen molar-refractivity contribution in [1.82, 2.24) is 20.3 Å². The Hall–Kier alpha value is -2.70. The quantitative estimate of drug-likeness (QED) is 0.846. The minimum absolute atomic E-state index is 0.00917. The van der Waals surface area contributed by atoms with Gasteiger partial charge in [-0.3, -0.25) is 9.59 Å². The van der Waals surface area contributed by atoms with Gasteiger partial charge in [-0.1, -0.05) is 24.3 Å². The third-order valence-electron chi connectivity index (χ3n) is 3.49. The smallest absolute Gasteiger partial charge is 0.303 e. The van der Waals surface area contributed by atoms with E-state index in [1.807, 2.05) is 31.2 Å². The molecule has 1 atom stereocenters. The van der Waals surface area contributed by atoms with Crippen LogP contribution in [-0.4, -0.2) is 38.5 Å². The number of aryl methyl sites for hydroxylation is 1. The van der Waals surface area contributed by atoms with Crippen molar-refractivity contribution in [3.8, 4) is 5.69 Å². The molecule has 7 nitrogen and oxygen atoms in total. The predicted molar refractivity (Wildman–Crippen MR) is 84.6 cm³/mol. The number of carbonyl (C=O) groups is 2. The van der Waals surface area contributed by atoms with E-state index in [1.54, 1.807) is 18.5 Å². The Balaban J connectivity index is 2.09. The van der Waals surface area contributed by atoms with Gasteiger partial charge in [-0.2, -0.15) is 0 Å². The predicted octanol–water partition coefficient (Wildman–Crippen LogP) is 1.72. The molecule has 0 saturated carbocycles. The average molecular weight is 316 g/mol. The number of amides is 1. The molecule has 23 heavy (non-hydrogen) atoms. The van der Waals surface area contributed by atoms with Crippen LogP contribution >= 0.6 is 0 Å². The molecule has 0 aliphatic carbocycles. The fourth-order valence-corrected chi connectivity index (χ4v) is 2.26. The van der Waals surface area contributed by atoms with Gasteiger partial charge in [0.2, 0.25) is 0 Å². The number of hydrogen-bond acceptors (Lipinski definition) is 4. The standard InChI is InChI=1S/C16H20N4O3/c1-10-5-4-6-13(7-10)20-12(3)15(18-19-20)16(23)17-9-11(2)8-14(21)22/h4-7,11H,8-9H2,1-3H3,(H,17,23)(H,21,22). The molecule has 0 radical (unpaired) electrons. The number of hydrogen-bond donors (Lipinski definition) is 2. The number of rotatable bonds is 6. The van der Waals surface area contributed by atoms with Crippen molar-refractivity contribution in [3.63, 3.8) is 0 Å². The molecule has 122 valence electrons. The molecule has 2 N–H and O–H groups in total. The highest BCUT2D eigenvalue weighted by molar-refractivity contribution is 5.93. The van der Waals surface area contributed by atoms with Crippen LogP contribution in [0.4, 0.5) is 0 Å². The van der Waals surface area contributed by atoms with Crippen LogP contribution in [0.15, 0.2) is 24.3 Å². The molecular formula is C16H20N4O3. The van der Waals surface area contributed by atoms with Gasteiger partial charge in [0.25, 0.3) is 5.91 Å². The molecule has 0 spiro atoms. The molecule has 7 heteroatoms. The molecule has 1 amide bonds. The molecular weight excluding hydrogens is 296 g/mol. The average Bonchev–Trinajstić information content (AvgIpc) is 2.86. The molecule has 1 aromatic heterocycles. The van der Waals surface area contributed by atoms with E-state index >= 15 is 0 Å². The van der Waals surface area contributed by atoms with Crippen LogP contribution in [-0.2, 0) is 4.79 Å². The molecule has 0 bridgehead atoms. The van der Waals surface area contributed by atoms with Gasteiger partial charge >= 0.3 is 5.97 Å². The van der Waals surface area contributed by atoms with Crippen LogP contribution in [0.1, 0.15) is 35.1 Å². The molecule has 1 unspecified atom stereocenters. The lowest BCUT2D eigenvalue weighted by atomic mass is 10.1. The fourth-order valence-electron chi connectivity index (χ4n) is 2.26. The van der Waals surface area contributed by atoms with E-state index in [2.05, 4.69) is 15.6 Å². The van der Waals surface area contributed by atoms with Crippen LogP contribution in [0.5, 0.6) is 0 Å². The molecule has 1 aromatic carbocycles. The van der Waals surface area contributed by atoms with Crippen molar-refractivity contribution in [2.24, 2.45) is 5.92 Å². The third kappa shape index (κ3) is 4.15. The Bertz CT molecular complexity index is 724. The van der Waals surface area contributed by atoms with Crippen LogP contribution in [0.3, 0.4) is 0 Å². The highest BCUT2D eigenvalue weighted by Gasteiger charge is 2.18. The van der Waals surface area contributed by atoms with Crippen molar-refractivity contribution in [3.05, 3.63) is 41.2 Å². The lowest BCUT2D eigenvalue weighted by Crippen LogP contribution is -2.30. The van der Waals surface area contributed by atoms with Crippen LogP contribution < -0.4 is 5.32 Å². The highest BCUT2D eigenvalue weighted by Crippen LogP contribution is 2.13. The second kappa shape index (κ2) is 7.04. The number of aromatic nitrogens is 3. The minimum atomic E-state index is -0.881. The number of nitrogens with zero attached hydrogens (tertiary/aromatic N) is 3. The van der Waals surface area contributed by atoms with Crippen molar-refractivity contribution in [2.45, 2.75) is 27.2 Å². The van der Waals surface area contributed by atoms with Crippen LogP contribution in [0.25, 0.3) is 5.69 Å². The lowest BCUT2D eigenvalue weighted by molar-refractivity contribution is -0.137. The van der Waals surface area contributed by atoms with Gasteiger partial charge in [0.05, 0.1) is 11.4 Å². The third-order valence-corrected chi connectivity index (χ3v) is 3.49. The number of benzene rings is 1. The Morgan fingerprint density at radius 3 is 2.74 bits per heavy atom. The molecule has 0 fully saturated rings. The number of aliphatic carboxylic acids is 1. The van der Waals surface area contributed by atoms with Gasteiger partial charge in [0, 0.05) is 13.0 Å². The zero-order chi connectivity index (χ0) is 17.0. The molecule has 1 heterocycles. The summed E-state index contributed by atoms with van der Waals surface area (Å²) in [4.78, 5) is 22.8. The van der Waals surface area contributed by atoms with Crippen molar-refractivity contribution in [1.29, 1.82) is 0 Å². The summed E-state index contributed by atoms with van der Waals surface area (Å²) in [7, 11) is 0. The van der Waals surface area contributed by atoms with Crippen molar-refractivity contribution in [2.75, 3.05) is 6.54 Å². The van der Waals surface area contributed by atoms with Crippen LogP contribution in [0.2, 0.25) is 0 Å². The summed E-state index contributed by atoms with van der Waals surface area (Å²) < 4.78 is 1.61. The van der Waals surface area contributed by atoms with E-state index in [-0.39, 0.29) is 30.5 Å². The van der Waals surface area contributed by atoms with E-state index in [1.165, 1.54) is 0 Å². The molecule has 0 saturated heterocycles. The first-order chi connectivity index (χ1) is 10.9. The maximum absolute atomic E-state index is 12.2. The fraction of sp³-hybridized carbons (Fsp3) is 0.375. The second-order valence-electron chi connectivity index (χ2n) is 5.69. The van der Waals surface area contributed by atoms with E-state index in [4.69, 9.17) is 5.11 Å². The first-order valence-electron chi connectivity index (χ1n) is 7.37. The number of nitrogens with one attached hydrogen (secondary N) is 1. The van der Waals surface area contributed by atoms with Gasteiger partial charge < -0.3 is 10.4 Å². The summed E-state index contributed by atoms with van der Waals surface area (Å²) in [5.41, 5.74) is 2.81. The molecule has 2 rings (SSSR count). The summed E-state index contributed by atoms with van der Waals surface area (Å²) in [5.74, 6) is -1.38. The molecule has 0 aliphatic rings. The van der Waals surface area contributed by atoms with E-state index in [0.717, 1.165) is 11.3 Å². The Morgan fingerprint density at radius 1 is 1.35 bits per heavy atom. The number of carbonyl (C=O) groups excluding carboxylic acids is 1. The maximum atomic E-state index is 12.2. The first kappa shape index (κ1) is 16.7. The van der Waals surface area contributed by atoms with Gasteiger partial charge in [0.15, 0.2) is 5.69 Å².